The van der Waals surface area contributed by atoms with E-state index in [1.54, 1.807) is 0 Å². The summed E-state index contributed by atoms with van der Waals surface area (Å²) in [6.07, 6.45) is 0. The molecule has 0 amide bonds. The number of rotatable bonds is 1. The number of nitrogens with two attached hydrogens (primary N) is 1. The molecule has 0 radical (unpaired) electrons. The standard InChI is InChI=1S/C4H4N8/c5-3-7-1(9-11-3)2-8-4(6)12-10-2/h5H,(H3,6,8,10,12). The van der Waals surface area contributed by atoms with Crippen LogP contribution in [0, 0.1) is 5.41 Å². The molecule has 8 heteroatoms. The summed E-state index contributed by atoms with van der Waals surface area (Å²) >= 11 is 0. The Morgan fingerprint density at radius 3 is 2.67 bits per heavy atom. The van der Waals surface area contributed by atoms with Gasteiger partial charge in [-0.25, -0.2) is 0 Å². The molecule has 2 rings (SSSR count). The highest BCUT2D eigenvalue weighted by atomic mass is 15.3. The zero-order chi connectivity index (χ0) is 8.55. The molecular weight excluding hydrogens is 160 g/mol. The number of nitrogens with one attached hydrogen (secondary N) is 2. The predicted molar refractivity (Wildman–Crippen MR) is 39.9 cm³/mol. The van der Waals surface area contributed by atoms with Gasteiger partial charge in [0, 0.05) is 0 Å². The lowest BCUT2D eigenvalue weighted by molar-refractivity contribution is 1.08. The first-order valence-corrected chi connectivity index (χ1v) is 3.03. The van der Waals surface area contributed by atoms with E-state index >= 15 is 0 Å². The summed E-state index contributed by atoms with van der Waals surface area (Å²) in [5, 5.41) is 20.0. The third-order valence-corrected chi connectivity index (χ3v) is 1.17. The number of aromatic amines is 1. The first-order valence-electron chi connectivity index (χ1n) is 3.03. The molecular formula is C4H4N8. The molecule has 0 aliphatic carbocycles. The highest BCUT2D eigenvalue weighted by molar-refractivity contribution is 6.06. The van der Waals surface area contributed by atoms with Gasteiger partial charge in [0.05, 0.1) is 0 Å². The van der Waals surface area contributed by atoms with Crippen LogP contribution in [-0.2, 0) is 0 Å². The summed E-state index contributed by atoms with van der Waals surface area (Å²) < 4.78 is 0. The monoisotopic (exact) mass is 164 g/mol. The number of H-pyrrole nitrogens is 1. The van der Waals surface area contributed by atoms with Crippen LogP contribution >= 0.6 is 0 Å². The Hall–Kier alpha value is -2.12. The molecule has 1 aliphatic heterocycles. The van der Waals surface area contributed by atoms with Crippen molar-refractivity contribution in [1.29, 1.82) is 5.41 Å². The predicted octanol–water partition coefficient (Wildman–Crippen LogP) is -0.466. The van der Waals surface area contributed by atoms with Crippen LogP contribution in [-0.4, -0.2) is 27.0 Å². The van der Waals surface area contributed by atoms with Gasteiger partial charge in [-0.05, 0) is 0 Å². The van der Waals surface area contributed by atoms with Gasteiger partial charge in [0.25, 0.3) is 5.96 Å². The van der Waals surface area contributed by atoms with Crippen LogP contribution in [0.5, 0.6) is 0 Å². The molecule has 12 heavy (non-hydrogen) atoms. The highest BCUT2D eigenvalue weighted by Gasteiger charge is 2.13. The molecule has 0 atom stereocenters. The van der Waals surface area contributed by atoms with E-state index in [-0.39, 0.29) is 17.7 Å². The van der Waals surface area contributed by atoms with Gasteiger partial charge in [-0.1, -0.05) is 0 Å². The molecule has 1 aromatic heterocycles. The Morgan fingerprint density at radius 1 is 1.33 bits per heavy atom. The second-order valence-electron chi connectivity index (χ2n) is 2.00. The number of amidine groups is 1. The van der Waals surface area contributed by atoms with Gasteiger partial charge in [-0.2, -0.15) is 9.98 Å². The lowest BCUT2D eigenvalue weighted by Crippen LogP contribution is -1.97. The van der Waals surface area contributed by atoms with Crippen molar-refractivity contribution in [2.24, 2.45) is 15.2 Å². The van der Waals surface area contributed by atoms with Crippen molar-refractivity contribution in [1.82, 2.24) is 15.2 Å². The molecule has 1 aliphatic rings. The second kappa shape index (κ2) is 2.19. The van der Waals surface area contributed by atoms with Crippen molar-refractivity contribution in [2.75, 3.05) is 5.73 Å². The second-order valence-corrected chi connectivity index (χ2v) is 2.00. The van der Waals surface area contributed by atoms with Gasteiger partial charge in [-0.3, -0.25) is 10.5 Å². The highest BCUT2D eigenvalue weighted by Crippen LogP contribution is 2.04. The minimum atomic E-state index is -0.153. The molecule has 0 aromatic carbocycles. The van der Waals surface area contributed by atoms with E-state index in [1.807, 2.05) is 0 Å². The quantitative estimate of drug-likeness (QED) is 0.518. The fourth-order valence-electron chi connectivity index (χ4n) is 0.715. The van der Waals surface area contributed by atoms with Crippen molar-refractivity contribution in [2.45, 2.75) is 0 Å². The van der Waals surface area contributed by atoms with Gasteiger partial charge in [0.1, 0.15) is 0 Å². The van der Waals surface area contributed by atoms with E-state index in [1.165, 1.54) is 0 Å². The van der Waals surface area contributed by atoms with E-state index < -0.39 is 0 Å². The van der Waals surface area contributed by atoms with Crippen molar-refractivity contribution in [3.63, 3.8) is 0 Å². The minimum absolute atomic E-state index is 0.112. The van der Waals surface area contributed by atoms with Gasteiger partial charge < -0.3 is 5.73 Å². The minimum Gasteiger partial charge on any atom is -0.366 e. The van der Waals surface area contributed by atoms with E-state index in [9.17, 15) is 0 Å². The van der Waals surface area contributed by atoms with Crippen molar-refractivity contribution < 1.29 is 0 Å². The number of nitrogen functional groups attached to an aromatic ring is 1. The van der Waals surface area contributed by atoms with Crippen LogP contribution in [0.3, 0.4) is 0 Å². The van der Waals surface area contributed by atoms with Crippen LogP contribution in [0.4, 0.5) is 5.95 Å². The SMILES string of the molecule is N=C1N=NC(c2nc(N)n[nH]2)=N1. The third kappa shape index (κ3) is 0.944. The molecule has 0 fully saturated rings. The molecule has 0 spiro atoms. The summed E-state index contributed by atoms with van der Waals surface area (Å²) in [4.78, 5) is 7.41. The molecule has 4 N–H and O–H groups in total. The first kappa shape index (κ1) is 6.58. The number of guanidine groups is 1. The summed E-state index contributed by atoms with van der Waals surface area (Å²) in [5.74, 6) is 0.504. The number of azo groups is 1. The zero-order valence-electron chi connectivity index (χ0n) is 5.81. The molecule has 8 nitrogen and oxygen atoms in total. The molecule has 2 heterocycles. The summed E-state index contributed by atoms with van der Waals surface area (Å²) in [7, 11) is 0. The van der Waals surface area contributed by atoms with Crippen LogP contribution in [0.1, 0.15) is 5.82 Å². The Labute approximate surface area is 66.1 Å². The molecule has 0 saturated heterocycles. The lowest BCUT2D eigenvalue weighted by Gasteiger charge is -1.82. The first-order chi connectivity index (χ1) is 5.75. The number of aromatic nitrogens is 3. The van der Waals surface area contributed by atoms with E-state index in [2.05, 4.69) is 30.4 Å². The van der Waals surface area contributed by atoms with Crippen molar-refractivity contribution >= 4 is 17.7 Å². The average molecular weight is 164 g/mol. The van der Waals surface area contributed by atoms with Crippen molar-refractivity contribution in [3.05, 3.63) is 5.82 Å². The van der Waals surface area contributed by atoms with Crippen LogP contribution < -0.4 is 5.73 Å². The number of hydrogen-bond acceptors (Lipinski definition) is 5. The maximum Gasteiger partial charge on any atom is 0.263 e. The Morgan fingerprint density at radius 2 is 2.17 bits per heavy atom. The van der Waals surface area contributed by atoms with Gasteiger partial charge in [0.2, 0.25) is 11.8 Å². The Balaban J connectivity index is 2.39. The molecule has 60 valence electrons. The number of nitrogens with zero attached hydrogens (tertiary/aromatic N) is 5. The van der Waals surface area contributed by atoms with Crippen LogP contribution in [0.25, 0.3) is 0 Å². The molecule has 0 bridgehead atoms. The Bertz CT molecular complexity index is 384. The smallest absolute Gasteiger partial charge is 0.263 e. The Kier molecular flexibility index (Phi) is 1.20. The van der Waals surface area contributed by atoms with Crippen LogP contribution in [0.15, 0.2) is 15.2 Å². The fourth-order valence-corrected chi connectivity index (χ4v) is 0.715. The van der Waals surface area contributed by atoms with Crippen LogP contribution in [0.2, 0.25) is 0 Å². The normalized spacial score (nSPS) is 15.3. The average Bonchev–Trinajstić information content (AvgIpc) is 2.58. The molecule has 1 aromatic rings. The largest absolute Gasteiger partial charge is 0.366 e. The zero-order valence-corrected chi connectivity index (χ0v) is 5.81. The van der Waals surface area contributed by atoms with Crippen molar-refractivity contribution in [3.8, 4) is 0 Å². The van der Waals surface area contributed by atoms with Gasteiger partial charge in [0.15, 0.2) is 5.82 Å². The molecule has 0 unspecified atom stereocenters. The maximum absolute atomic E-state index is 6.99. The fraction of sp³-hybridized carbons (Fsp3) is 0. The van der Waals surface area contributed by atoms with Gasteiger partial charge >= 0.3 is 0 Å². The third-order valence-electron chi connectivity index (χ3n) is 1.17. The summed E-state index contributed by atoms with van der Waals surface area (Å²) in [5.41, 5.74) is 5.25. The topological polar surface area (TPSA) is 129 Å². The summed E-state index contributed by atoms with van der Waals surface area (Å²) in [6, 6.07) is 0. The maximum atomic E-state index is 6.99. The van der Waals surface area contributed by atoms with E-state index in [0.29, 0.717) is 5.82 Å². The number of anilines is 1. The van der Waals surface area contributed by atoms with E-state index in [0.717, 1.165) is 0 Å². The van der Waals surface area contributed by atoms with E-state index in [4.69, 9.17) is 11.1 Å². The number of aliphatic imine (C=N–C) groups is 1. The lowest BCUT2D eigenvalue weighted by atomic mass is 10.6. The summed E-state index contributed by atoms with van der Waals surface area (Å²) in [6.45, 7) is 0. The number of hydrogen-bond donors (Lipinski definition) is 3. The van der Waals surface area contributed by atoms with Gasteiger partial charge in [-0.15, -0.1) is 15.3 Å². The molecule has 0 saturated carbocycles.